The predicted octanol–water partition coefficient (Wildman–Crippen LogP) is 14.1. The normalized spacial score (nSPS) is 11.4. The van der Waals surface area contributed by atoms with Gasteiger partial charge < -0.3 is 4.90 Å². The van der Waals surface area contributed by atoms with E-state index in [1.807, 2.05) is 12.3 Å². The standard InChI is InChI=1S/C51H33N3O2/c55-54(56)42-28-26-41(27-29-42)53(43-25-22-39-33-52-31-30-38(39)32-43)40-23-20-35(21-24-40)34-16-18-37(19-17-34)50-46-11-3-5-13-48(46)51(49-14-6-4-12-47(49)50)45-15-7-9-36-8-1-2-10-44(36)45/h1-33H. The molecule has 1 heterocycles. The molecule has 0 atom stereocenters. The van der Waals surface area contributed by atoms with E-state index in [1.54, 1.807) is 30.5 Å². The lowest BCUT2D eigenvalue weighted by molar-refractivity contribution is -0.384. The van der Waals surface area contributed by atoms with Crippen molar-refractivity contribution < 1.29 is 4.92 Å². The van der Waals surface area contributed by atoms with Crippen molar-refractivity contribution in [3.63, 3.8) is 0 Å². The lowest BCUT2D eigenvalue weighted by Crippen LogP contribution is -2.10. The van der Waals surface area contributed by atoms with E-state index in [0.29, 0.717) is 0 Å². The molecule has 0 aliphatic carbocycles. The SMILES string of the molecule is O=[N+]([O-])c1ccc(N(c2ccc(-c3ccc(-c4c5ccccc5c(-c5cccc6ccccc56)c5ccccc45)cc3)cc2)c2ccc3cnccc3c2)cc1. The summed E-state index contributed by atoms with van der Waals surface area (Å²) in [5, 5.41) is 21.0. The van der Waals surface area contributed by atoms with Crippen LogP contribution in [-0.4, -0.2) is 9.91 Å². The number of rotatable bonds is 7. The van der Waals surface area contributed by atoms with Crippen LogP contribution in [0.1, 0.15) is 0 Å². The van der Waals surface area contributed by atoms with Crippen LogP contribution in [0.25, 0.3) is 76.5 Å². The van der Waals surface area contributed by atoms with E-state index in [9.17, 15) is 10.1 Å². The quantitative estimate of drug-likeness (QED) is 0.0935. The maximum absolute atomic E-state index is 11.5. The van der Waals surface area contributed by atoms with Gasteiger partial charge in [-0.15, -0.1) is 0 Å². The first-order valence-electron chi connectivity index (χ1n) is 18.6. The summed E-state index contributed by atoms with van der Waals surface area (Å²) in [5.74, 6) is 0. The molecule has 0 N–H and O–H groups in total. The zero-order valence-corrected chi connectivity index (χ0v) is 30.2. The number of nitro benzene ring substituents is 1. The number of non-ortho nitro benzene ring substituents is 1. The number of nitro groups is 1. The van der Waals surface area contributed by atoms with Crippen LogP contribution in [0.2, 0.25) is 0 Å². The van der Waals surface area contributed by atoms with E-state index in [0.717, 1.165) is 44.5 Å². The van der Waals surface area contributed by atoms with Gasteiger partial charge in [-0.3, -0.25) is 15.1 Å². The summed E-state index contributed by atoms with van der Waals surface area (Å²) in [6, 6.07) is 65.1. The van der Waals surface area contributed by atoms with E-state index >= 15 is 0 Å². The molecule has 264 valence electrons. The molecular formula is C51H33N3O2. The first-order valence-corrected chi connectivity index (χ1v) is 18.6. The largest absolute Gasteiger partial charge is 0.310 e. The fourth-order valence-electron chi connectivity index (χ4n) is 8.19. The second-order valence-electron chi connectivity index (χ2n) is 14.0. The van der Waals surface area contributed by atoms with Gasteiger partial charge in [-0.1, -0.05) is 133 Å². The molecule has 0 unspecified atom stereocenters. The summed E-state index contributed by atoms with van der Waals surface area (Å²) in [7, 11) is 0. The van der Waals surface area contributed by atoms with Crippen molar-refractivity contribution in [3.8, 4) is 33.4 Å². The van der Waals surface area contributed by atoms with Crippen LogP contribution in [0.5, 0.6) is 0 Å². The molecule has 1 aromatic heterocycles. The summed E-state index contributed by atoms with van der Waals surface area (Å²) in [6.07, 6.45) is 3.64. The van der Waals surface area contributed by atoms with Crippen molar-refractivity contribution in [3.05, 3.63) is 211 Å². The summed E-state index contributed by atoms with van der Waals surface area (Å²) < 4.78 is 0. The number of aromatic nitrogens is 1. The van der Waals surface area contributed by atoms with Crippen LogP contribution in [0, 0.1) is 10.1 Å². The Morgan fingerprint density at radius 3 is 1.59 bits per heavy atom. The van der Waals surface area contributed by atoms with Gasteiger partial charge in [0.1, 0.15) is 0 Å². The van der Waals surface area contributed by atoms with E-state index in [2.05, 4.69) is 168 Å². The fourth-order valence-corrected chi connectivity index (χ4v) is 8.19. The van der Waals surface area contributed by atoms with Crippen molar-refractivity contribution in [2.75, 3.05) is 4.90 Å². The highest BCUT2D eigenvalue weighted by Gasteiger charge is 2.19. The van der Waals surface area contributed by atoms with Crippen LogP contribution < -0.4 is 4.90 Å². The minimum Gasteiger partial charge on any atom is -0.310 e. The smallest absolute Gasteiger partial charge is 0.269 e. The molecule has 10 aromatic rings. The lowest BCUT2D eigenvalue weighted by atomic mass is 9.84. The Morgan fingerprint density at radius 2 is 0.946 bits per heavy atom. The van der Waals surface area contributed by atoms with Gasteiger partial charge in [0.2, 0.25) is 0 Å². The topological polar surface area (TPSA) is 59.3 Å². The van der Waals surface area contributed by atoms with Gasteiger partial charge in [-0.05, 0) is 114 Å². The third kappa shape index (κ3) is 5.70. The monoisotopic (exact) mass is 719 g/mol. The Kier molecular flexibility index (Phi) is 8.04. The van der Waals surface area contributed by atoms with Crippen LogP contribution in [0.4, 0.5) is 22.7 Å². The molecule has 10 rings (SSSR count). The first kappa shape index (κ1) is 33.0. The van der Waals surface area contributed by atoms with Gasteiger partial charge in [-0.2, -0.15) is 0 Å². The van der Waals surface area contributed by atoms with Gasteiger partial charge >= 0.3 is 0 Å². The van der Waals surface area contributed by atoms with E-state index < -0.39 is 0 Å². The third-order valence-corrected chi connectivity index (χ3v) is 10.8. The van der Waals surface area contributed by atoms with Gasteiger partial charge in [0.25, 0.3) is 5.69 Å². The molecule has 0 spiro atoms. The van der Waals surface area contributed by atoms with Gasteiger partial charge in [0.05, 0.1) is 4.92 Å². The Balaban J connectivity index is 1.04. The summed E-state index contributed by atoms with van der Waals surface area (Å²) in [5.41, 5.74) is 9.87. The Bertz CT molecular complexity index is 3040. The molecular weight excluding hydrogens is 687 g/mol. The second-order valence-corrected chi connectivity index (χ2v) is 14.0. The number of fused-ring (bicyclic) bond motifs is 4. The lowest BCUT2D eigenvalue weighted by Gasteiger charge is -2.26. The number of hydrogen-bond donors (Lipinski definition) is 0. The van der Waals surface area contributed by atoms with Crippen LogP contribution in [-0.2, 0) is 0 Å². The number of anilines is 3. The van der Waals surface area contributed by atoms with Gasteiger partial charge in [-0.25, -0.2) is 0 Å². The molecule has 0 saturated carbocycles. The van der Waals surface area contributed by atoms with E-state index in [4.69, 9.17) is 0 Å². The number of nitrogens with zero attached hydrogens (tertiary/aromatic N) is 3. The van der Waals surface area contributed by atoms with Crippen molar-refractivity contribution in [2.45, 2.75) is 0 Å². The van der Waals surface area contributed by atoms with Gasteiger partial charge in [0, 0.05) is 47.0 Å². The third-order valence-electron chi connectivity index (χ3n) is 10.8. The zero-order chi connectivity index (χ0) is 37.6. The maximum Gasteiger partial charge on any atom is 0.269 e. The minimum atomic E-state index is -0.372. The summed E-state index contributed by atoms with van der Waals surface area (Å²) in [4.78, 5) is 17.5. The van der Waals surface area contributed by atoms with Crippen molar-refractivity contribution in [1.82, 2.24) is 4.98 Å². The zero-order valence-electron chi connectivity index (χ0n) is 30.2. The van der Waals surface area contributed by atoms with Crippen molar-refractivity contribution in [2.24, 2.45) is 0 Å². The molecule has 0 radical (unpaired) electrons. The summed E-state index contributed by atoms with van der Waals surface area (Å²) >= 11 is 0. The Hall–Kier alpha value is -7.63. The molecule has 0 amide bonds. The highest BCUT2D eigenvalue weighted by Crippen LogP contribution is 2.45. The van der Waals surface area contributed by atoms with E-state index in [1.165, 1.54) is 49.0 Å². The van der Waals surface area contributed by atoms with Crippen LogP contribution in [0.3, 0.4) is 0 Å². The average molecular weight is 720 g/mol. The highest BCUT2D eigenvalue weighted by atomic mass is 16.6. The number of pyridine rings is 1. The second kappa shape index (κ2) is 13.7. The van der Waals surface area contributed by atoms with Gasteiger partial charge in [0.15, 0.2) is 0 Å². The van der Waals surface area contributed by atoms with E-state index in [-0.39, 0.29) is 10.6 Å². The summed E-state index contributed by atoms with van der Waals surface area (Å²) in [6.45, 7) is 0. The first-order chi connectivity index (χ1) is 27.6. The molecule has 5 nitrogen and oxygen atoms in total. The molecule has 5 heteroatoms. The van der Waals surface area contributed by atoms with Crippen molar-refractivity contribution in [1.29, 1.82) is 0 Å². The number of hydrogen-bond acceptors (Lipinski definition) is 4. The van der Waals surface area contributed by atoms with Crippen LogP contribution in [0.15, 0.2) is 200 Å². The molecule has 0 fully saturated rings. The molecule has 0 saturated heterocycles. The maximum atomic E-state index is 11.5. The van der Waals surface area contributed by atoms with Crippen molar-refractivity contribution >= 4 is 65.8 Å². The Labute approximate surface area is 323 Å². The molecule has 0 aliphatic rings. The number of benzene rings is 9. The molecule has 9 aromatic carbocycles. The highest BCUT2D eigenvalue weighted by molar-refractivity contribution is 6.23. The average Bonchev–Trinajstić information content (AvgIpc) is 3.26. The molecule has 0 bridgehead atoms. The predicted molar refractivity (Wildman–Crippen MR) is 232 cm³/mol. The minimum absolute atomic E-state index is 0.0545. The van der Waals surface area contributed by atoms with Crippen LogP contribution >= 0.6 is 0 Å². The fraction of sp³-hybridized carbons (Fsp3) is 0. The molecule has 56 heavy (non-hydrogen) atoms. The molecule has 0 aliphatic heterocycles. The Morgan fingerprint density at radius 1 is 0.429 bits per heavy atom.